The summed E-state index contributed by atoms with van der Waals surface area (Å²) in [5, 5.41) is 0. The van der Waals surface area contributed by atoms with E-state index in [0.29, 0.717) is 13.0 Å². The first kappa shape index (κ1) is 16.2. The number of halogens is 3. The molecule has 0 bridgehead atoms. The van der Waals surface area contributed by atoms with E-state index in [4.69, 9.17) is 4.74 Å². The first-order valence-corrected chi connectivity index (χ1v) is 7.34. The van der Waals surface area contributed by atoms with Gasteiger partial charge in [0, 0.05) is 30.9 Å². The van der Waals surface area contributed by atoms with Gasteiger partial charge < -0.3 is 9.64 Å². The lowest BCUT2D eigenvalue weighted by molar-refractivity contribution is -0.137. The van der Waals surface area contributed by atoms with Crippen molar-refractivity contribution in [3.63, 3.8) is 0 Å². The van der Waals surface area contributed by atoms with Crippen molar-refractivity contribution < 1.29 is 22.7 Å². The van der Waals surface area contributed by atoms with Crippen LogP contribution in [0.25, 0.3) is 0 Å². The van der Waals surface area contributed by atoms with Crippen LogP contribution in [0.5, 0.6) is 6.01 Å². The second kappa shape index (κ2) is 6.46. The number of ether oxygens (including phenoxy) is 1. The predicted molar refractivity (Wildman–Crippen MR) is 78.4 cm³/mol. The average Bonchev–Trinajstić information content (AvgIpc) is 3.03. The molecule has 8 heteroatoms. The summed E-state index contributed by atoms with van der Waals surface area (Å²) in [6.45, 7) is 0.694. The van der Waals surface area contributed by atoms with Crippen molar-refractivity contribution >= 4 is 5.91 Å². The number of hydrogen-bond acceptors (Lipinski definition) is 4. The molecule has 0 saturated carbocycles. The highest BCUT2D eigenvalue weighted by Gasteiger charge is 2.33. The number of alkyl halides is 3. The van der Waals surface area contributed by atoms with Crippen LogP contribution in [-0.4, -0.2) is 40.0 Å². The molecule has 0 spiro atoms. The maximum absolute atomic E-state index is 12.8. The van der Waals surface area contributed by atoms with Crippen LogP contribution in [0.2, 0.25) is 0 Å². The number of likely N-dealkylation sites (tertiary alicyclic amines) is 1. The van der Waals surface area contributed by atoms with Gasteiger partial charge in [0.1, 0.15) is 6.10 Å². The van der Waals surface area contributed by atoms with E-state index in [1.165, 1.54) is 17.0 Å². The van der Waals surface area contributed by atoms with E-state index in [1.54, 1.807) is 18.5 Å². The smallest absolute Gasteiger partial charge is 0.416 e. The Labute approximate surface area is 136 Å². The highest BCUT2D eigenvalue weighted by molar-refractivity contribution is 5.94. The Hall–Kier alpha value is -2.64. The molecular weight excluding hydrogens is 323 g/mol. The minimum Gasteiger partial charge on any atom is -0.458 e. The number of benzene rings is 1. The van der Waals surface area contributed by atoms with Crippen LogP contribution < -0.4 is 4.74 Å². The monoisotopic (exact) mass is 337 g/mol. The van der Waals surface area contributed by atoms with Crippen LogP contribution in [0.1, 0.15) is 22.3 Å². The summed E-state index contributed by atoms with van der Waals surface area (Å²) in [5.41, 5.74) is -0.820. The van der Waals surface area contributed by atoms with Gasteiger partial charge in [0.25, 0.3) is 5.91 Å². The molecule has 1 aromatic heterocycles. The average molecular weight is 337 g/mol. The van der Waals surface area contributed by atoms with Crippen molar-refractivity contribution in [1.29, 1.82) is 0 Å². The molecular formula is C16H14F3N3O2. The van der Waals surface area contributed by atoms with Crippen LogP contribution >= 0.6 is 0 Å². The Balaban J connectivity index is 1.66. The van der Waals surface area contributed by atoms with Gasteiger partial charge in [-0.2, -0.15) is 13.2 Å². The molecule has 0 unspecified atom stereocenters. The van der Waals surface area contributed by atoms with Gasteiger partial charge in [-0.3, -0.25) is 4.79 Å². The van der Waals surface area contributed by atoms with Gasteiger partial charge in [0.2, 0.25) is 0 Å². The summed E-state index contributed by atoms with van der Waals surface area (Å²) >= 11 is 0. The number of carbonyl (C=O) groups is 1. The van der Waals surface area contributed by atoms with Gasteiger partial charge in [-0.15, -0.1) is 0 Å². The fraction of sp³-hybridized carbons (Fsp3) is 0.312. The molecule has 1 amide bonds. The third-order valence-corrected chi connectivity index (χ3v) is 3.68. The molecule has 3 rings (SSSR count). The molecule has 0 radical (unpaired) electrons. The summed E-state index contributed by atoms with van der Waals surface area (Å²) in [6.07, 6.45) is -1.09. The molecule has 24 heavy (non-hydrogen) atoms. The predicted octanol–water partition coefficient (Wildman–Crippen LogP) is 2.79. The summed E-state index contributed by atoms with van der Waals surface area (Å²) in [7, 11) is 0. The van der Waals surface area contributed by atoms with E-state index in [2.05, 4.69) is 9.97 Å². The van der Waals surface area contributed by atoms with Crippen LogP contribution in [0.4, 0.5) is 13.2 Å². The van der Waals surface area contributed by atoms with Crippen molar-refractivity contribution in [3.05, 3.63) is 53.9 Å². The van der Waals surface area contributed by atoms with Gasteiger partial charge in [-0.05, 0) is 24.3 Å². The van der Waals surface area contributed by atoms with Gasteiger partial charge in [0.15, 0.2) is 0 Å². The van der Waals surface area contributed by atoms with Gasteiger partial charge in [-0.25, -0.2) is 9.97 Å². The first-order chi connectivity index (χ1) is 11.4. The van der Waals surface area contributed by atoms with E-state index < -0.39 is 17.6 Å². The molecule has 1 aliphatic heterocycles. The number of nitrogens with zero attached hydrogens (tertiary/aromatic N) is 3. The van der Waals surface area contributed by atoms with Crippen molar-refractivity contribution in [2.75, 3.05) is 13.1 Å². The van der Waals surface area contributed by atoms with Crippen LogP contribution in [0.15, 0.2) is 42.7 Å². The van der Waals surface area contributed by atoms with Crippen molar-refractivity contribution in [2.45, 2.75) is 18.7 Å². The lowest BCUT2D eigenvalue weighted by atomic mass is 10.1. The quantitative estimate of drug-likeness (QED) is 0.864. The Morgan fingerprint density at radius 1 is 1.21 bits per heavy atom. The third kappa shape index (κ3) is 3.64. The topological polar surface area (TPSA) is 55.3 Å². The zero-order valence-electron chi connectivity index (χ0n) is 12.5. The van der Waals surface area contributed by atoms with Crippen molar-refractivity contribution in [3.8, 4) is 6.01 Å². The Kier molecular flexibility index (Phi) is 4.37. The standard InChI is InChI=1S/C16H14F3N3O2/c17-16(18,19)12-4-1-3-11(9-12)14(23)22-8-5-13(10-22)24-15-20-6-2-7-21-15/h1-4,6-7,9,13H,5,8,10H2/t13-/m1/s1. The molecule has 126 valence electrons. The number of carbonyl (C=O) groups excluding carboxylic acids is 1. The van der Waals surface area contributed by atoms with E-state index in [-0.39, 0.29) is 24.2 Å². The fourth-order valence-corrected chi connectivity index (χ4v) is 2.52. The van der Waals surface area contributed by atoms with Gasteiger partial charge >= 0.3 is 12.2 Å². The first-order valence-electron chi connectivity index (χ1n) is 7.34. The Bertz CT molecular complexity index is 722. The molecule has 2 aromatic rings. The molecule has 5 nitrogen and oxygen atoms in total. The van der Waals surface area contributed by atoms with Gasteiger partial charge in [0.05, 0.1) is 12.1 Å². The summed E-state index contributed by atoms with van der Waals surface area (Å²) in [6, 6.07) is 6.31. The second-order valence-corrected chi connectivity index (χ2v) is 5.39. The largest absolute Gasteiger partial charge is 0.458 e. The normalized spacial score (nSPS) is 17.8. The maximum atomic E-state index is 12.8. The zero-order chi connectivity index (χ0) is 17.2. The maximum Gasteiger partial charge on any atom is 0.416 e. The third-order valence-electron chi connectivity index (χ3n) is 3.68. The van der Waals surface area contributed by atoms with E-state index >= 15 is 0 Å². The minimum absolute atomic E-state index is 0.0152. The zero-order valence-corrected chi connectivity index (χ0v) is 12.5. The summed E-state index contributed by atoms with van der Waals surface area (Å²) in [4.78, 5) is 21.8. The molecule has 1 aromatic carbocycles. The molecule has 2 heterocycles. The Morgan fingerprint density at radius 3 is 2.67 bits per heavy atom. The van der Waals surface area contributed by atoms with E-state index in [1.807, 2.05) is 0 Å². The highest BCUT2D eigenvalue weighted by atomic mass is 19.4. The summed E-state index contributed by atoms with van der Waals surface area (Å²) < 4.78 is 43.8. The van der Waals surface area contributed by atoms with Crippen molar-refractivity contribution in [1.82, 2.24) is 14.9 Å². The number of amides is 1. The van der Waals surface area contributed by atoms with Crippen LogP contribution in [-0.2, 0) is 6.18 Å². The highest BCUT2D eigenvalue weighted by Crippen LogP contribution is 2.30. The molecule has 0 N–H and O–H groups in total. The molecule has 1 atom stereocenters. The van der Waals surface area contributed by atoms with E-state index in [9.17, 15) is 18.0 Å². The molecule has 1 aliphatic rings. The molecule has 1 fully saturated rings. The fourth-order valence-electron chi connectivity index (χ4n) is 2.52. The van der Waals surface area contributed by atoms with Crippen molar-refractivity contribution in [2.24, 2.45) is 0 Å². The second-order valence-electron chi connectivity index (χ2n) is 5.39. The molecule has 1 saturated heterocycles. The number of rotatable bonds is 3. The number of hydrogen-bond donors (Lipinski definition) is 0. The lowest BCUT2D eigenvalue weighted by Gasteiger charge is -2.17. The minimum atomic E-state index is -4.47. The number of aromatic nitrogens is 2. The lowest BCUT2D eigenvalue weighted by Crippen LogP contribution is -2.31. The molecule has 0 aliphatic carbocycles. The van der Waals surface area contributed by atoms with Crippen LogP contribution in [0.3, 0.4) is 0 Å². The SMILES string of the molecule is O=C(c1cccc(C(F)(F)F)c1)N1CC[C@@H](Oc2ncccn2)C1. The van der Waals surface area contributed by atoms with Gasteiger partial charge in [-0.1, -0.05) is 6.07 Å². The summed E-state index contributed by atoms with van der Waals surface area (Å²) in [5.74, 6) is -0.443. The van der Waals surface area contributed by atoms with E-state index in [0.717, 1.165) is 12.1 Å². The van der Waals surface area contributed by atoms with Crippen LogP contribution in [0, 0.1) is 0 Å². The Morgan fingerprint density at radius 2 is 1.96 bits per heavy atom.